The molecular weight excluding hydrogens is 354 g/mol. The molecule has 0 aliphatic rings. The first-order valence-electron chi connectivity index (χ1n) is 9.37. The maximum atomic E-state index is 11.2. The number of aldehydes is 1. The largest absolute Gasteiger partial charge is 0.360 e. The molecule has 1 aromatic carbocycles. The van der Waals surface area contributed by atoms with E-state index in [1.54, 1.807) is 0 Å². The van der Waals surface area contributed by atoms with Crippen LogP contribution in [0.2, 0.25) is 25.7 Å². The van der Waals surface area contributed by atoms with Gasteiger partial charge in [0.2, 0.25) is 0 Å². The number of aromatic nitrogens is 3. The minimum atomic E-state index is -1.11. The van der Waals surface area contributed by atoms with Gasteiger partial charge in [-0.25, -0.2) is 4.68 Å². The number of carbonyl (C=O) groups excluding carboxylic acids is 1. The predicted octanol–water partition coefficient (Wildman–Crippen LogP) is 4.34. The summed E-state index contributed by atoms with van der Waals surface area (Å²) < 4.78 is 7.78. The summed E-state index contributed by atoms with van der Waals surface area (Å²) in [5.74, 6) is 0. The molecule has 0 bridgehead atoms. The van der Waals surface area contributed by atoms with Crippen LogP contribution in [-0.2, 0) is 24.3 Å². The summed E-state index contributed by atoms with van der Waals surface area (Å²) in [5.41, 5.74) is 3.89. The molecule has 6 heteroatoms. The van der Waals surface area contributed by atoms with E-state index in [0.717, 1.165) is 48.4 Å². The summed E-state index contributed by atoms with van der Waals surface area (Å²) >= 11 is 0. The summed E-state index contributed by atoms with van der Waals surface area (Å²) in [6, 6.07) is 10.9. The lowest BCUT2D eigenvalue weighted by atomic mass is 10.1. The number of ether oxygens (including phenoxy) is 1. The minimum Gasteiger partial charge on any atom is -0.360 e. The van der Waals surface area contributed by atoms with Crippen LogP contribution in [0.1, 0.15) is 21.6 Å². The second kappa shape index (κ2) is 8.58. The van der Waals surface area contributed by atoms with Crippen molar-refractivity contribution in [2.45, 2.75) is 45.3 Å². The van der Waals surface area contributed by atoms with Gasteiger partial charge >= 0.3 is 0 Å². The first-order valence-corrected chi connectivity index (χ1v) is 13.1. The van der Waals surface area contributed by atoms with Crippen molar-refractivity contribution in [1.82, 2.24) is 14.8 Å². The van der Waals surface area contributed by atoms with Gasteiger partial charge in [0.25, 0.3) is 0 Å². The fourth-order valence-corrected chi connectivity index (χ4v) is 3.71. The van der Waals surface area contributed by atoms with Gasteiger partial charge in [-0.1, -0.05) is 31.8 Å². The molecule has 3 rings (SSSR count). The molecule has 2 aromatic heterocycles. The van der Waals surface area contributed by atoms with E-state index in [-0.39, 0.29) is 0 Å². The van der Waals surface area contributed by atoms with Gasteiger partial charge in [0.15, 0.2) is 0 Å². The number of fused-ring (bicyclic) bond motifs is 1. The SMILES string of the molecule is C[Si](C)(C)CCOCn1nc(CCc2ccncc2)c2ccc(C=O)cc21. The van der Waals surface area contributed by atoms with Gasteiger partial charge in [0.1, 0.15) is 13.0 Å². The van der Waals surface area contributed by atoms with Crippen molar-refractivity contribution in [1.29, 1.82) is 0 Å². The fraction of sp³-hybridized carbons (Fsp3) is 0.381. The zero-order valence-corrected chi connectivity index (χ0v) is 17.3. The number of benzene rings is 1. The monoisotopic (exact) mass is 381 g/mol. The maximum absolute atomic E-state index is 11.2. The second-order valence-corrected chi connectivity index (χ2v) is 13.7. The van der Waals surface area contributed by atoms with Gasteiger partial charge in [-0.15, -0.1) is 0 Å². The van der Waals surface area contributed by atoms with E-state index in [1.807, 2.05) is 47.4 Å². The van der Waals surface area contributed by atoms with Gasteiger partial charge in [-0.05, 0) is 42.6 Å². The highest BCUT2D eigenvalue weighted by Gasteiger charge is 2.14. The van der Waals surface area contributed by atoms with Crippen molar-refractivity contribution in [2.75, 3.05) is 6.61 Å². The molecule has 0 unspecified atom stereocenters. The molecule has 3 aromatic rings. The molecule has 0 saturated heterocycles. The van der Waals surface area contributed by atoms with Gasteiger partial charge in [0.05, 0.1) is 11.2 Å². The van der Waals surface area contributed by atoms with E-state index in [9.17, 15) is 4.79 Å². The van der Waals surface area contributed by atoms with Crippen LogP contribution in [0.5, 0.6) is 0 Å². The molecule has 142 valence electrons. The zero-order valence-electron chi connectivity index (χ0n) is 16.3. The fourth-order valence-electron chi connectivity index (χ4n) is 2.96. The van der Waals surface area contributed by atoms with E-state index in [4.69, 9.17) is 9.84 Å². The topological polar surface area (TPSA) is 57.0 Å². The number of hydrogen-bond acceptors (Lipinski definition) is 4. The summed E-state index contributed by atoms with van der Waals surface area (Å²) in [6.07, 6.45) is 6.24. The van der Waals surface area contributed by atoms with Crippen LogP contribution in [0, 0.1) is 0 Å². The quantitative estimate of drug-likeness (QED) is 0.314. The Hall–Kier alpha value is -2.31. The number of rotatable bonds is 9. The van der Waals surface area contributed by atoms with Crippen LogP contribution in [0.3, 0.4) is 0 Å². The molecule has 0 saturated carbocycles. The minimum absolute atomic E-state index is 0.415. The van der Waals surface area contributed by atoms with Crippen LogP contribution >= 0.6 is 0 Å². The van der Waals surface area contributed by atoms with Crippen LogP contribution in [0.15, 0.2) is 42.7 Å². The van der Waals surface area contributed by atoms with Crippen molar-refractivity contribution >= 4 is 25.3 Å². The first-order chi connectivity index (χ1) is 13.0. The Labute approximate surface area is 161 Å². The molecule has 0 fully saturated rings. The number of nitrogens with zero attached hydrogens (tertiary/aromatic N) is 3. The number of aryl methyl sites for hydroxylation is 2. The third-order valence-corrected chi connectivity index (χ3v) is 6.30. The molecule has 27 heavy (non-hydrogen) atoms. The van der Waals surface area contributed by atoms with Gasteiger partial charge < -0.3 is 4.74 Å². The Morgan fingerprint density at radius 1 is 1.11 bits per heavy atom. The third-order valence-electron chi connectivity index (χ3n) is 4.60. The molecule has 0 aliphatic carbocycles. The summed E-state index contributed by atoms with van der Waals surface area (Å²) in [7, 11) is -1.11. The number of hydrogen-bond donors (Lipinski definition) is 0. The maximum Gasteiger partial charge on any atom is 0.150 e. The van der Waals surface area contributed by atoms with Gasteiger partial charge in [-0.3, -0.25) is 9.78 Å². The normalized spacial score (nSPS) is 11.8. The summed E-state index contributed by atoms with van der Waals surface area (Å²) in [5, 5.41) is 5.87. The molecule has 0 spiro atoms. The zero-order chi connectivity index (χ0) is 19.3. The van der Waals surface area contributed by atoms with Crippen molar-refractivity contribution in [2.24, 2.45) is 0 Å². The average molecular weight is 382 g/mol. The van der Waals surface area contributed by atoms with Gasteiger partial charge in [-0.2, -0.15) is 5.10 Å². The van der Waals surface area contributed by atoms with E-state index >= 15 is 0 Å². The highest BCUT2D eigenvalue weighted by atomic mass is 28.3. The third kappa shape index (κ3) is 5.34. The Kier molecular flexibility index (Phi) is 6.18. The summed E-state index contributed by atoms with van der Waals surface area (Å²) in [6.45, 7) is 8.18. The van der Waals surface area contributed by atoms with E-state index in [1.165, 1.54) is 5.56 Å². The van der Waals surface area contributed by atoms with E-state index in [2.05, 4.69) is 24.6 Å². The van der Waals surface area contributed by atoms with Crippen molar-refractivity contribution in [3.8, 4) is 0 Å². The smallest absolute Gasteiger partial charge is 0.150 e. The lowest BCUT2D eigenvalue weighted by molar-refractivity contribution is 0.0814. The molecule has 0 N–H and O–H groups in total. The van der Waals surface area contributed by atoms with E-state index < -0.39 is 8.07 Å². The molecule has 0 atom stereocenters. The van der Waals surface area contributed by atoms with Gasteiger partial charge in [0, 0.05) is 38.0 Å². The van der Waals surface area contributed by atoms with Crippen LogP contribution in [0.4, 0.5) is 0 Å². The van der Waals surface area contributed by atoms with Crippen molar-refractivity contribution < 1.29 is 9.53 Å². The molecular formula is C21H27N3O2Si. The molecule has 0 aliphatic heterocycles. The van der Waals surface area contributed by atoms with Crippen LogP contribution in [-0.4, -0.2) is 35.7 Å². The van der Waals surface area contributed by atoms with E-state index in [0.29, 0.717) is 12.3 Å². The van der Waals surface area contributed by atoms with Crippen LogP contribution < -0.4 is 0 Å². The molecule has 0 radical (unpaired) electrons. The molecule has 5 nitrogen and oxygen atoms in total. The van der Waals surface area contributed by atoms with Crippen molar-refractivity contribution in [3.05, 3.63) is 59.5 Å². The second-order valence-electron chi connectivity index (χ2n) is 8.04. The lowest BCUT2D eigenvalue weighted by Gasteiger charge is -2.15. The Bertz CT molecular complexity index is 901. The number of carbonyl (C=O) groups is 1. The molecule has 0 amide bonds. The predicted molar refractivity (Wildman–Crippen MR) is 111 cm³/mol. The molecule has 2 heterocycles. The first kappa shape index (κ1) is 19.4. The van der Waals surface area contributed by atoms with Crippen molar-refractivity contribution in [3.63, 3.8) is 0 Å². The Balaban J connectivity index is 1.78. The van der Waals surface area contributed by atoms with Crippen LogP contribution in [0.25, 0.3) is 10.9 Å². The highest BCUT2D eigenvalue weighted by Crippen LogP contribution is 2.22. The summed E-state index contributed by atoms with van der Waals surface area (Å²) in [4.78, 5) is 15.3. The Morgan fingerprint density at radius 3 is 2.59 bits per heavy atom. The highest BCUT2D eigenvalue weighted by molar-refractivity contribution is 6.76. The average Bonchev–Trinajstić information content (AvgIpc) is 3.00. The standard InChI is InChI=1S/C21H27N3O2Si/c1-27(2,3)13-12-26-16-24-21-14-18(15-25)4-6-19(21)20(23-24)7-5-17-8-10-22-11-9-17/h4,6,8-11,14-15H,5,7,12-13,16H2,1-3H3. The lowest BCUT2D eigenvalue weighted by Crippen LogP contribution is -2.22. The number of pyridine rings is 1. The Morgan fingerprint density at radius 2 is 1.89 bits per heavy atom.